The standard InChI is InChI=1S/C25H28ClN5O2/c26-21-8-4-5-18(15-21)23-28-24(30-29-23)19-9-10-22(27-16-19)31-13-11-25(12-14-31,33-17-32)20-6-2-1-3-7-20/h4-5,8-10,15-17,20H,1-3,6-7,11-14H2,(H,28,29,30). The highest BCUT2D eigenvalue weighted by Gasteiger charge is 2.43. The minimum Gasteiger partial charge on any atom is -0.461 e. The zero-order valence-corrected chi connectivity index (χ0v) is 19.3. The third-order valence-corrected chi connectivity index (χ3v) is 7.41. The average molecular weight is 466 g/mol. The normalized spacial score (nSPS) is 18.8. The summed E-state index contributed by atoms with van der Waals surface area (Å²) in [6.45, 7) is 2.32. The van der Waals surface area contributed by atoms with Crippen LogP contribution in [-0.2, 0) is 9.53 Å². The molecule has 1 aliphatic carbocycles. The molecular weight excluding hydrogens is 438 g/mol. The maximum absolute atomic E-state index is 11.3. The third-order valence-electron chi connectivity index (χ3n) is 7.17. The molecule has 0 amide bonds. The fraction of sp³-hybridized carbons (Fsp3) is 0.440. The van der Waals surface area contributed by atoms with Crippen LogP contribution in [0.1, 0.15) is 44.9 Å². The number of H-pyrrole nitrogens is 1. The highest BCUT2D eigenvalue weighted by atomic mass is 35.5. The van der Waals surface area contributed by atoms with Crippen molar-refractivity contribution in [2.75, 3.05) is 18.0 Å². The zero-order valence-electron chi connectivity index (χ0n) is 18.5. The summed E-state index contributed by atoms with van der Waals surface area (Å²) in [6, 6.07) is 11.5. The number of aromatic amines is 1. The molecule has 0 atom stereocenters. The van der Waals surface area contributed by atoms with Gasteiger partial charge in [-0.2, -0.15) is 0 Å². The lowest BCUT2D eigenvalue weighted by Crippen LogP contribution is -2.51. The van der Waals surface area contributed by atoms with Crippen LogP contribution in [0.25, 0.3) is 22.8 Å². The highest BCUT2D eigenvalue weighted by molar-refractivity contribution is 6.30. The van der Waals surface area contributed by atoms with Crippen molar-refractivity contribution in [2.24, 2.45) is 5.92 Å². The fourth-order valence-corrected chi connectivity index (χ4v) is 5.52. The van der Waals surface area contributed by atoms with Crippen LogP contribution in [-0.4, -0.2) is 45.3 Å². The first-order valence-electron chi connectivity index (χ1n) is 11.7. The van der Waals surface area contributed by atoms with E-state index in [9.17, 15) is 4.79 Å². The Kier molecular flexibility index (Phi) is 6.31. The molecule has 1 aliphatic heterocycles. The molecule has 1 saturated heterocycles. The van der Waals surface area contributed by atoms with E-state index in [0.717, 1.165) is 55.7 Å². The lowest BCUT2D eigenvalue weighted by Gasteiger charge is -2.46. The molecule has 0 bridgehead atoms. The number of halogens is 1. The summed E-state index contributed by atoms with van der Waals surface area (Å²) in [5, 5.41) is 9.18. The summed E-state index contributed by atoms with van der Waals surface area (Å²) in [4.78, 5) is 21.5. The van der Waals surface area contributed by atoms with Gasteiger partial charge in [0.25, 0.3) is 6.47 Å². The van der Waals surface area contributed by atoms with Gasteiger partial charge in [-0.1, -0.05) is 43.0 Å². The molecule has 1 N–H and O–H groups in total. The second-order valence-corrected chi connectivity index (χ2v) is 9.47. The number of hydrogen-bond donors (Lipinski definition) is 1. The zero-order chi connectivity index (χ0) is 22.7. The number of hydrogen-bond acceptors (Lipinski definition) is 6. The smallest absolute Gasteiger partial charge is 0.293 e. The van der Waals surface area contributed by atoms with E-state index >= 15 is 0 Å². The first-order valence-corrected chi connectivity index (χ1v) is 12.1. The molecule has 1 saturated carbocycles. The van der Waals surface area contributed by atoms with Crippen molar-refractivity contribution in [3.63, 3.8) is 0 Å². The van der Waals surface area contributed by atoms with Crippen LogP contribution >= 0.6 is 11.6 Å². The Bertz CT molecular complexity index is 1090. The first kappa shape index (κ1) is 21.9. The quantitative estimate of drug-likeness (QED) is 0.498. The molecule has 1 aromatic carbocycles. The van der Waals surface area contributed by atoms with Gasteiger partial charge in [-0.3, -0.25) is 4.79 Å². The molecule has 3 heterocycles. The van der Waals surface area contributed by atoms with E-state index in [2.05, 4.69) is 25.1 Å². The largest absolute Gasteiger partial charge is 0.461 e. The van der Waals surface area contributed by atoms with E-state index in [4.69, 9.17) is 16.3 Å². The Balaban J connectivity index is 1.26. The van der Waals surface area contributed by atoms with Crippen molar-refractivity contribution < 1.29 is 9.53 Å². The van der Waals surface area contributed by atoms with Crippen molar-refractivity contribution in [2.45, 2.75) is 50.5 Å². The molecule has 33 heavy (non-hydrogen) atoms. The van der Waals surface area contributed by atoms with Gasteiger partial charge in [0.2, 0.25) is 0 Å². The molecule has 5 rings (SSSR count). The minimum absolute atomic E-state index is 0.310. The van der Waals surface area contributed by atoms with E-state index in [0.29, 0.717) is 29.1 Å². The lowest BCUT2D eigenvalue weighted by molar-refractivity contribution is -0.155. The predicted molar refractivity (Wildman–Crippen MR) is 128 cm³/mol. The van der Waals surface area contributed by atoms with Crippen molar-refractivity contribution in [1.29, 1.82) is 0 Å². The number of pyridine rings is 1. The highest BCUT2D eigenvalue weighted by Crippen LogP contribution is 2.42. The summed E-state index contributed by atoms with van der Waals surface area (Å²) >= 11 is 6.09. The molecule has 2 aliphatic rings. The van der Waals surface area contributed by atoms with Gasteiger partial charge in [-0.05, 0) is 43.0 Å². The van der Waals surface area contributed by atoms with E-state index in [1.54, 1.807) is 0 Å². The Morgan fingerprint density at radius 3 is 2.45 bits per heavy atom. The molecule has 2 fully saturated rings. The average Bonchev–Trinajstić information content (AvgIpc) is 3.36. The molecular formula is C25H28ClN5O2. The number of rotatable bonds is 6. The van der Waals surface area contributed by atoms with Crippen LogP contribution < -0.4 is 4.90 Å². The number of carbonyl (C=O) groups excluding carboxylic acids is 1. The Morgan fingerprint density at radius 1 is 1.03 bits per heavy atom. The van der Waals surface area contributed by atoms with Crippen molar-refractivity contribution in [3.8, 4) is 22.8 Å². The molecule has 0 spiro atoms. The second-order valence-electron chi connectivity index (χ2n) is 9.04. The van der Waals surface area contributed by atoms with Crippen LogP contribution in [0.2, 0.25) is 5.02 Å². The number of nitrogens with zero attached hydrogens (tertiary/aromatic N) is 4. The SMILES string of the molecule is O=COC1(C2CCCCC2)CCN(c2ccc(-c3nnc(-c4cccc(Cl)c4)[nH]3)cn2)CC1. The number of aromatic nitrogens is 4. The van der Waals surface area contributed by atoms with Crippen molar-refractivity contribution in [1.82, 2.24) is 20.2 Å². The summed E-state index contributed by atoms with van der Waals surface area (Å²) in [6.07, 6.45) is 9.62. The number of nitrogens with one attached hydrogen (secondary N) is 1. The number of piperidine rings is 1. The van der Waals surface area contributed by atoms with Crippen LogP contribution in [0.5, 0.6) is 0 Å². The number of ether oxygens (including phenoxy) is 1. The summed E-state index contributed by atoms with van der Waals surface area (Å²) in [5.41, 5.74) is 1.45. The van der Waals surface area contributed by atoms with E-state index < -0.39 is 0 Å². The molecule has 2 aromatic heterocycles. The summed E-state index contributed by atoms with van der Waals surface area (Å²) in [7, 11) is 0. The molecule has 0 unspecified atom stereocenters. The van der Waals surface area contributed by atoms with E-state index in [-0.39, 0.29) is 5.60 Å². The molecule has 8 heteroatoms. The minimum atomic E-state index is -0.310. The lowest BCUT2D eigenvalue weighted by atomic mass is 9.72. The van der Waals surface area contributed by atoms with Gasteiger partial charge in [-0.15, -0.1) is 10.2 Å². The Morgan fingerprint density at radius 2 is 1.79 bits per heavy atom. The number of anilines is 1. The van der Waals surface area contributed by atoms with Crippen molar-refractivity contribution >= 4 is 23.9 Å². The summed E-state index contributed by atoms with van der Waals surface area (Å²) in [5.74, 6) is 2.74. The van der Waals surface area contributed by atoms with Crippen LogP contribution in [0, 0.1) is 5.92 Å². The van der Waals surface area contributed by atoms with E-state index in [1.807, 2.05) is 42.6 Å². The van der Waals surface area contributed by atoms with Gasteiger partial charge in [0.1, 0.15) is 11.4 Å². The number of benzene rings is 1. The van der Waals surface area contributed by atoms with Crippen LogP contribution in [0.3, 0.4) is 0 Å². The molecule has 172 valence electrons. The monoisotopic (exact) mass is 465 g/mol. The summed E-state index contributed by atoms with van der Waals surface area (Å²) < 4.78 is 5.76. The predicted octanol–water partition coefficient (Wildman–Crippen LogP) is 5.28. The topological polar surface area (TPSA) is 84.0 Å². The number of carbonyl (C=O) groups is 1. The van der Waals surface area contributed by atoms with Gasteiger partial charge in [0, 0.05) is 48.3 Å². The van der Waals surface area contributed by atoms with Gasteiger partial charge in [0.05, 0.1) is 0 Å². The first-order chi connectivity index (χ1) is 16.2. The molecule has 7 nitrogen and oxygen atoms in total. The second kappa shape index (κ2) is 9.51. The van der Waals surface area contributed by atoms with Gasteiger partial charge in [-0.25, -0.2) is 4.98 Å². The van der Waals surface area contributed by atoms with Gasteiger partial charge >= 0.3 is 0 Å². The van der Waals surface area contributed by atoms with Crippen molar-refractivity contribution in [3.05, 3.63) is 47.6 Å². The fourth-order valence-electron chi connectivity index (χ4n) is 5.33. The van der Waals surface area contributed by atoms with Crippen LogP contribution in [0.15, 0.2) is 42.6 Å². The molecule has 3 aromatic rings. The Hall–Kier alpha value is -2.93. The van der Waals surface area contributed by atoms with Gasteiger partial charge in [0.15, 0.2) is 11.6 Å². The Labute approximate surface area is 198 Å². The maximum Gasteiger partial charge on any atom is 0.293 e. The van der Waals surface area contributed by atoms with Gasteiger partial charge < -0.3 is 14.6 Å². The maximum atomic E-state index is 11.3. The van der Waals surface area contributed by atoms with Crippen LogP contribution in [0.4, 0.5) is 5.82 Å². The third kappa shape index (κ3) is 4.60. The molecule has 0 radical (unpaired) electrons. The van der Waals surface area contributed by atoms with E-state index in [1.165, 1.54) is 19.3 Å².